The van der Waals surface area contributed by atoms with E-state index in [2.05, 4.69) is 46.0 Å². The van der Waals surface area contributed by atoms with Crippen molar-refractivity contribution in [3.05, 3.63) is 71.8 Å². The molecular formula is C33H33N9O. The highest BCUT2D eigenvalue weighted by molar-refractivity contribution is 5.95. The molecule has 0 spiro atoms. The zero-order chi connectivity index (χ0) is 29.0. The third-order valence-corrected chi connectivity index (χ3v) is 10.0. The lowest BCUT2D eigenvalue weighted by Gasteiger charge is -2.27. The molecule has 2 unspecified atom stereocenters. The molecule has 6 aromatic rings. The van der Waals surface area contributed by atoms with E-state index in [0.29, 0.717) is 17.4 Å². The predicted octanol–water partition coefficient (Wildman–Crippen LogP) is 4.65. The van der Waals surface area contributed by atoms with Gasteiger partial charge in [-0.15, -0.1) is 10.2 Å². The number of aryl methyl sites for hydroxylation is 2. The molecular weight excluding hydrogens is 538 g/mol. The van der Waals surface area contributed by atoms with Crippen LogP contribution in [0.5, 0.6) is 0 Å². The Morgan fingerprint density at radius 2 is 1.91 bits per heavy atom. The zero-order valence-corrected chi connectivity index (χ0v) is 24.3. The summed E-state index contributed by atoms with van der Waals surface area (Å²) in [6.07, 6.45) is 8.48. The van der Waals surface area contributed by atoms with E-state index in [1.54, 1.807) is 0 Å². The molecule has 1 saturated heterocycles. The summed E-state index contributed by atoms with van der Waals surface area (Å²) in [7, 11) is 0. The first-order chi connectivity index (χ1) is 20.9. The van der Waals surface area contributed by atoms with Gasteiger partial charge in [0, 0.05) is 54.1 Å². The molecule has 3 fully saturated rings. The number of hydrogen-bond donors (Lipinski definition) is 1. The van der Waals surface area contributed by atoms with Crippen molar-refractivity contribution in [2.24, 2.45) is 17.6 Å². The first-order valence-electron chi connectivity index (χ1n) is 15.3. The first kappa shape index (κ1) is 25.0. The van der Waals surface area contributed by atoms with Crippen LogP contribution in [0.1, 0.15) is 47.4 Å². The van der Waals surface area contributed by atoms with Crippen LogP contribution in [0, 0.1) is 25.7 Å². The quantitative estimate of drug-likeness (QED) is 0.323. The van der Waals surface area contributed by atoms with Gasteiger partial charge >= 0.3 is 0 Å². The Morgan fingerprint density at radius 3 is 2.70 bits per heavy atom. The number of aromatic nitrogens is 7. The summed E-state index contributed by atoms with van der Waals surface area (Å²) in [6, 6.07) is 14.8. The average molecular weight is 572 g/mol. The van der Waals surface area contributed by atoms with Crippen molar-refractivity contribution in [1.29, 1.82) is 0 Å². The van der Waals surface area contributed by atoms with Gasteiger partial charge in [0.2, 0.25) is 0 Å². The van der Waals surface area contributed by atoms with Crippen LogP contribution >= 0.6 is 0 Å². The molecule has 6 aromatic heterocycles. The summed E-state index contributed by atoms with van der Waals surface area (Å²) < 4.78 is 6.20. The summed E-state index contributed by atoms with van der Waals surface area (Å²) in [4.78, 5) is 20.7. The number of carbonyl (C=O) groups is 1. The molecule has 2 saturated carbocycles. The number of carbonyl (C=O) groups excluding carboxylic acids is 1. The van der Waals surface area contributed by atoms with Crippen molar-refractivity contribution in [3.63, 3.8) is 0 Å². The van der Waals surface area contributed by atoms with E-state index in [4.69, 9.17) is 15.8 Å². The second-order valence-electron chi connectivity index (χ2n) is 12.7. The lowest BCUT2D eigenvalue weighted by Crippen LogP contribution is -2.41. The Balaban J connectivity index is 1.12. The molecule has 2 aliphatic carbocycles. The van der Waals surface area contributed by atoms with Crippen molar-refractivity contribution < 1.29 is 4.79 Å². The van der Waals surface area contributed by atoms with Gasteiger partial charge in [-0.1, -0.05) is 0 Å². The molecule has 3 atom stereocenters. The van der Waals surface area contributed by atoms with Gasteiger partial charge in [-0.2, -0.15) is 5.10 Å². The van der Waals surface area contributed by atoms with Crippen LogP contribution in [0.2, 0.25) is 0 Å². The Bertz CT molecular complexity index is 2100. The maximum atomic E-state index is 13.5. The largest absolute Gasteiger partial charge is 0.334 e. The maximum absolute atomic E-state index is 13.5. The van der Waals surface area contributed by atoms with Gasteiger partial charge in [0.15, 0.2) is 5.65 Å². The highest BCUT2D eigenvalue weighted by Crippen LogP contribution is 2.39. The van der Waals surface area contributed by atoms with Crippen LogP contribution in [-0.4, -0.2) is 63.2 Å². The zero-order valence-electron chi connectivity index (χ0n) is 24.3. The number of rotatable bonds is 5. The third-order valence-electron chi connectivity index (χ3n) is 10.0. The molecule has 216 valence electrons. The molecule has 2 bridgehead atoms. The van der Waals surface area contributed by atoms with Gasteiger partial charge in [0.25, 0.3) is 5.91 Å². The van der Waals surface area contributed by atoms with Crippen LogP contribution in [0.15, 0.2) is 54.9 Å². The van der Waals surface area contributed by atoms with E-state index in [1.165, 1.54) is 12.8 Å². The van der Waals surface area contributed by atoms with Crippen molar-refractivity contribution in [2.45, 2.75) is 58.2 Å². The van der Waals surface area contributed by atoms with Crippen LogP contribution in [0.3, 0.4) is 0 Å². The van der Waals surface area contributed by atoms with Gasteiger partial charge in [-0.3, -0.25) is 9.20 Å². The molecule has 1 aliphatic heterocycles. The van der Waals surface area contributed by atoms with Gasteiger partial charge in [-0.05, 0) is 93.8 Å². The highest BCUT2D eigenvalue weighted by Gasteiger charge is 2.46. The topological polar surface area (TPSA) is 112 Å². The predicted molar refractivity (Wildman–Crippen MR) is 164 cm³/mol. The van der Waals surface area contributed by atoms with E-state index >= 15 is 0 Å². The Labute approximate surface area is 248 Å². The highest BCUT2D eigenvalue weighted by atomic mass is 16.2. The maximum Gasteiger partial charge on any atom is 0.255 e. The minimum Gasteiger partial charge on any atom is -0.334 e. The molecule has 2 N–H and O–H groups in total. The molecule has 9 rings (SSSR count). The van der Waals surface area contributed by atoms with E-state index in [1.807, 2.05) is 51.3 Å². The van der Waals surface area contributed by atoms with Gasteiger partial charge in [0.05, 0.1) is 22.5 Å². The lowest BCUT2D eigenvalue weighted by molar-refractivity contribution is 0.0700. The molecule has 0 aromatic carbocycles. The monoisotopic (exact) mass is 571 g/mol. The fourth-order valence-corrected chi connectivity index (χ4v) is 7.39. The number of pyridine rings is 3. The third kappa shape index (κ3) is 3.78. The van der Waals surface area contributed by atoms with Crippen molar-refractivity contribution in [3.8, 4) is 22.6 Å². The fraction of sp³-hybridized carbons (Fsp3) is 0.364. The second kappa shape index (κ2) is 8.97. The molecule has 43 heavy (non-hydrogen) atoms. The lowest BCUT2D eigenvalue weighted by atomic mass is 10.1. The second-order valence-corrected chi connectivity index (χ2v) is 12.7. The normalized spacial score (nSPS) is 21.7. The average Bonchev–Trinajstić information content (AvgIpc) is 3.23. The Hall–Kier alpha value is -4.57. The Morgan fingerprint density at radius 1 is 1.02 bits per heavy atom. The fourth-order valence-electron chi connectivity index (χ4n) is 7.39. The van der Waals surface area contributed by atoms with Gasteiger partial charge in [-0.25, -0.2) is 9.50 Å². The standard InChI is InChI=1S/C33H33N9O/c1-18-26-9-7-24(33(43)41-16-23-6-10-27(41)30(23)34)17-42(26)38-31(18)28-13-22-5-8-25(35-32(22)40(28)15-20-3-4-20)21-11-12-39-19(2)36-37-29(39)14-21/h5,7-9,11-14,17,20,23,27,30H,3-4,6,10,15-16,34H2,1-2H3/t23?,27?,30-/m1/s1. The number of nitrogens with two attached hydrogens (primary N) is 1. The SMILES string of the molecule is Cc1c(-c2cc3ccc(-c4ccn5c(C)nnc5c4)nc3n2CC2CC2)nn2cc(C(=O)N3CC4CCC3[C@@H]4N)ccc12. The van der Waals surface area contributed by atoms with Crippen LogP contribution in [-0.2, 0) is 6.54 Å². The van der Waals surface area contributed by atoms with Crippen molar-refractivity contribution in [1.82, 2.24) is 38.7 Å². The van der Waals surface area contributed by atoms with Crippen LogP contribution in [0.4, 0.5) is 0 Å². The number of likely N-dealkylation sites (tertiary alicyclic amines) is 1. The molecule has 3 aliphatic rings. The molecule has 0 radical (unpaired) electrons. The van der Waals surface area contributed by atoms with Gasteiger partial charge < -0.3 is 15.2 Å². The number of fused-ring (bicyclic) bond motifs is 5. The van der Waals surface area contributed by atoms with Crippen molar-refractivity contribution in [2.75, 3.05) is 6.54 Å². The molecule has 7 heterocycles. The minimum atomic E-state index is 0.0540. The summed E-state index contributed by atoms with van der Waals surface area (Å²) in [5.74, 6) is 1.99. The summed E-state index contributed by atoms with van der Waals surface area (Å²) in [5, 5.41) is 14.7. The van der Waals surface area contributed by atoms with E-state index in [0.717, 1.165) is 82.2 Å². The van der Waals surface area contributed by atoms with Gasteiger partial charge in [0.1, 0.15) is 17.2 Å². The summed E-state index contributed by atoms with van der Waals surface area (Å²) in [5.41, 5.74) is 14.8. The summed E-state index contributed by atoms with van der Waals surface area (Å²) in [6.45, 7) is 5.73. The number of amides is 1. The molecule has 1 amide bonds. The van der Waals surface area contributed by atoms with Crippen LogP contribution < -0.4 is 5.73 Å². The summed E-state index contributed by atoms with van der Waals surface area (Å²) >= 11 is 0. The number of hydrogen-bond acceptors (Lipinski definition) is 6. The van der Waals surface area contributed by atoms with E-state index < -0.39 is 0 Å². The molecule has 10 heteroatoms. The van der Waals surface area contributed by atoms with E-state index in [-0.39, 0.29) is 18.0 Å². The smallest absolute Gasteiger partial charge is 0.255 e. The number of nitrogens with zero attached hydrogens (tertiary/aromatic N) is 8. The molecule has 10 nitrogen and oxygen atoms in total. The van der Waals surface area contributed by atoms with Crippen molar-refractivity contribution >= 4 is 28.1 Å². The minimum absolute atomic E-state index is 0.0540. The Kier molecular flexibility index (Phi) is 5.21. The van der Waals surface area contributed by atoms with Crippen LogP contribution in [0.25, 0.3) is 44.8 Å². The first-order valence-corrected chi connectivity index (χ1v) is 15.3. The number of piperidine rings is 1. The van der Waals surface area contributed by atoms with E-state index in [9.17, 15) is 4.79 Å².